The Morgan fingerprint density at radius 2 is 1.94 bits per heavy atom. The van der Waals surface area contributed by atoms with Crippen molar-refractivity contribution < 1.29 is 26.7 Å². The molecule has 1 aromatic heterocycles. The normalized spacial score (nSPS) is 21.1. The third-order valence-electron chi connectivity index (χ3n) is 5.22. The first kappa shape index (κ1) is 23.2. The van der Waals surface area contributed by atoms with Gasteiger partial charge >= 0.3 is 6.18 Å². The van der Waals surface area contributed by atoms with E-state index in [0.29, 0.717) is 23.0 Å². The predicted octanol–water partition coefficient (Wildman–Crippen LogP) is 5.06. The summed E-state index contributed by atoms with van der Waals surface area (Å²) < 4.78 is 66.5. The van der Waals surface area contributed by atoms with Gasteiger partial charge in [-0.15, -0.1) is 0 Å². The molecule has 5 nitrogen and oxygen atoms in total. The van der Waals surface area contributed by atoms with Crippen LogP contribution in [0.15, 0.2) is 30.6 Å². The number of benzene rings is 1. The van der Waals surface area contributed by atoms with Crippen LogP contribution in [0.5, 0.6) is 0 Å². The summed E-state index contributed by atoms with van der Waals surface area (Å²) in [4.78, 5) is 21.5. The molecule has 2 atom stereocenters. The summed E-state index contributed by atoms with van der Waals surface area (Å²) in [6.07, 6.45) is -3.73. The van der Waals surface area contributed by atoms with Gasteiger partial charge in [0.2, 0.25) is 5.95 Å². The molecule has 2 aromatic rings. The summed E-state index contributed by atoms with van der Waals surface area (Å²) >= 11 is 5.98. The van der Waals surface area contributed by atoms with Crippen LogP contribution < -0.4 is 5.32 Å². The first-order valence-corrected chi connectivity index (χ1v) is 9.83. The number of amides is 1. The second kappa shape index (κ2) is 8.57. The van der Waals surface area contributed by atoms with Gasteiger partial charge in [-0.3, -0.25) is 4.79 Å². The van der Waals surface area contributed by atoms with E-state index >= 15 is 0 Å². The number of hydrogen-bond donors (Lipinski definition) is 1. The number of aromatic nitrogens is 2. The highest BCUT2D eigenvalue weighted by molar-refractivity contribution is 6.31. The standard InChI is InChI=1S/C20H20ClF5N4O/c1-11-3-4-14(21)5-15(11)17(31)30-10-19(22,23)6-12(2)16(30)9-29-18-27-7-13(8-28-18)20(24,25)26/h3-5,7-8,12,16H,6,9-10H2,1-2H3,(H,27,28,29)/t12-,16-/m1/s1. The van der Waals surface area contributed by atoms with Crippen molar-refractivity contribution in [3.8, 4) is 0 Å². The van der Waals surface area contributed by atoms with Crippen molar-refractivity contribution in [3.05, 3.63) is 52.3 Å². The van der Waals surface area contributed by atoms with Gasteiger partial charge in [0, 0.05) is 35.9 Å². The fraction of sp³-hybridized carbons (Fsp3) is 0.450. The number of hydrogen-bond acceptors (Lipinski definition) is 4. The van der Waals surface area contributed by atoms with Gasteiger partial charge in [-0.05, 0) is 30.5 Å². The van der Waals surface area contributed by atoms with E-state index in [1.165, 1.54) is 6.07 Å². The van der Waals surface area contributed by atoms with Crippen molar-refractivity contribution in [3.63, 3.8) is 0 Å². The van der Waals surface area contributed by atoms with Crippen molar-refractivity contribution in [2.75, 3.05) is 18.4 Å². The summed E-state index contributed by atoms with van der Waals surface area (Å²) in [7, 11) is 0. The molecule has 0 spiro atoms. The van der Waals surface area contributed by atoms with Crippen molar-refractivity contribution in [2.24, 2.45) is 5.92 Å². The van der Waals surface area contributed by atoms with Gasteiger partial charge in [0.25, 0.3) is 11.8 Å². The molecule has 1 aliphatic heterocycles. The zero-order valence-corrected chi connectivity index (χ0v) is 17.4. The molecule has 3 rings (SSSR count). The molecule has 1 aromatic carbocycles. The Labute approximate surface area is 180 Å². The number of halogens is 6. The Bertz CT molecular complexity index is 952. The highest BCUT2D eigenvalue weighted by Gasteiger charge is 2.46. The van der Waals surface area contributed by atoms with Gasteiger partial charge < -0.3 is 10.2 Å². The Balaban J connectivity index is 1.82. The van der Waals surface area contributed by atoms with Crippen LogP contribution in [0.2, 0.25) is 5.02 Å². The van der Waals surface area contributed by atoms with Crippen molar-refractivity contribution in [2.45, 2.75) is 38.4 Å². The fourth-order valence-corrected chi connectivity index (χ4v) is 3.79. The monoisotopic (exact) mass is 462 g/mol. The summed E-state index contributed by atoms with van der Waals surface area (Å²) in [6, 6.07) is 4.00. The Kier molecular flexibility index (Phi) is 6.40. The molecule has 1 amide bonds. The number of likely N-dealkylation sites (tertiary alicyclic amines) is 1. The lowest BCUT2D eigenvalue weighted by atomic mass is 9.87. The van der Waals surface area contributed by atoms with Gasteiger partial charge in [-0.1, -0.05) is 24.6 Å². The Hall–Kier alpha value is -2.49. The molecule has 1 fully saturated rings. The number of alkyl halides is 5. The van der Waals surface area contributed by atoms with Crippen LogP contribution in [0.4, 0.5) is 27.9 Å². The molecule has 0 bridgehead atoms. The lowest BCUT2D eigenvalue weighted by molar-refractivity contribution is -0.138. The average Bonchev–Trinajstić information content (AvgIpc) is 2.67. The van der Waals surface area contributed by atoms with E-state index in [9.17, 15) is 26.7 Å². The van der Waals surface area contributed by atoms with Crippen LogP contribution in [0, 0.1) is 12.8 Å². The smallest absolute Gasteiger partial charge is 0.352 e. The van der Waals surface area contributed by atoms with Crippen molar-refractivity contribution in [1.82, 2.24) is 14.9 Å². The first-order valence-electron chi connectivity index (χ1n) is 9.45. The molecule has 0 radical (unpaired) electrons. The Morgan fingerprint density at radius 3 is 2.55 bits per heavy atom. The van der Waals surface area contributed by atoms with Crippen LogP contribution in [0.25, 0.3) is 0 Å². The van der Waals surface area contributed by atoms with Crippen LogP contribution in [-0.4, -0.2) is 45.8 Å². The van der Waals surface area contributed by atoms with Crippen LogP contribution >= 0.6 is 11.6 Å². The number of carbonyl (C=O) groups excluding carboxylic acids is 1. The van der Waals surface area contributed by atoms with E-state index in [1.54, 1.807) is 26.0 Å². The lowest BCUT2D eigenvalue weighted by Gasteiger charge is -2.43. The van der Waals surface area contributed by atoms with Crippen LogP contribution in [0.1, 0.15) is 34.8 Å². The minimum atomic E-state index is -4.57. The largest absolute Gasteiger partial charge is 0.419 e. The number of nitrogens with zero attached hydrogens (tertiary/aromatic N) is 3. The highest BCUT2D eigenvalue weighted by atomic mass is 35.5. The molecular formula is C20H20ClF5N4O. The SMILES string of the molecule is Cc1ccc(Cl)cc1C(=O)N1CC(F)(F)C[C@@H](C)[C@H]1CNc1ncc(C(F)(F)F)cn1. The molecule has 11 heteroatoms. The maximum absolute atomic E-state index is 14.3. The van der Waals surface area contributed by atoms with Crippen molar-refractivity contribution >= 4 is 23.5 Å². The summed E-state index contributed by atoms with van der Waals surface area (Å²) in [5.41, 5.74) is -0.195. The molecular weight excluding hydrogens is 443 g/mol. The molecule has 0 saturated carbocycles. The van der Waals surface area contributed by atoms with E-state index < -0.39 is 48.5 Å². The van der Waals surface area contributed by atoms with E-state index in [0.717, 1.165) is 4.90 Å². The van der Waals surface area contributed by atoms with E-state index in [2.05, 4.69) is 15.3 Å². The zero-order valence-electron chi connectivity index (χ0n) is 16.7. The second-order valence-corrected chi connectivity index (χ2v) is 8.11. The van der Waals surface area contributed by atoms with Crippen LogP contribution in [0.3, 0.4) is 0 Å². The van der Waals surface area contributed by atoms with Crippen molar-refractivity contribution in [1.29, 1.82) is 0 Å². The van der Waals surface area contributed by atoms with Gasteiger partial charge in [-0.25, -0.2) is 18.7 Å². The first-order chi connectivity index (χ1) is 14.4. The van der Waals surface area contributed by atoms with E-state index in [4.69, 9.17) is 11.6 Å². The molecule has 1 aliphatic rings. The Morgan fingerprint density at radius 1 is 1.29 bits per heavy atom. The number of anilines is 1. The van der Waals surface area contributed by atoms with E-state index in [1.807, 2.05) is 0 Å². The molecule has 1 N–H and O–H groups in total. The third kappa shape index (κ3) is 5.41. The van der Waals surface area contributed by atoms with Gasteiger partial charge in [0.15, 0.2) is 0 Å². The molecule has 31 heavy (non-hydrogen) atoms. The third-order valence-corrected chi connectivity index (χ3v) is 5.45. The molecule has 168 valence electrons. The summed E-state index contributed by atoms with van der Waals surface area (Å²) in [5, 5.41) is 3.06. The van der Waals surface area contributed by atoms with Crippen LogP contribution in [-0.2, 0) is 6.18 Å². The van der Waals surface area contributed by atoms with E-state index in [-0.39, 0.29) is 18.1 Å². The average molecular weight is 463 g/mol. The molecule has 0 unspecified atom stereocenters. The maximum atomic E-state index is 14.3. The fourth-order valence-electron chi connectivity index (χ4n) is 3.62. The molecule has 2 heterocycles. The molecule has 1 saturated heterocycles. The lowest BCUT2D eigenvalue weighted by Crippen LogP contribution is -2.57. The minimum Gasteiger partial charge on any atom is -0.352 e. The quantitative estimate of drug-likeness (QED) is 0.646. The zero-order chi connectivity index (χ0) is 23.0. The highest BCUT2D eigenvalue weighted by Crippen LogP contribution is 2.36. The summed E-state index contributed by atoms with van der Waals surface area (Å²) in [6.45, 7) is 2.49. The minimum absolute atomic E-state index is 0.00599. The number of nitrogens with one attached hydrogen (secondary N) is 1. The predicted molar refractivity (Wildman–Crippen MR) is 105 cm³/mol. The van der Waals surface area contributed by atoms with Gasteiger partial charge in [-0.2, -0.15) is 13.2 Å². The van der Waals surface area contributed by atoms with Gasteiger partial charge in [0.1, 0.15) is 0 Å². The number of piperidine rings is 1. The number of rotatable bonds is 4. The number of carbonyl (C=O) groups is 1. The second-order valence-electron chi connectivity index (χ2n) is 7.67. The maximum Gasteiger partial charge on any atom is 0.419 e. The number of aryl methyl sites for hydroxylation is 1. The summed E-state index contributed by atoms with van der Waals surface area (Å²) in [5.74, 6) is -4.34. The topological polar surface area (TPSA) is 58.1 Å². The van der Waals surface area contributed by atoms with Gasteiger partial charge in [0.05, 0.1) is 18.2 Å². The molecule has 0 aliphatic carbocycles.